The summed E-state index contributed by atoms with van der Waals surface area (Å²) >= 11 is 5.90. The molecule has 2 aliphatic heterocycles. The molecule has 2 heterocycles. The molecule has 0 radical (unpaired) electrons. The SMILES string of the molecule is CC(N)C1CCN(C(=O)C2CCCN(C(=O)c3ccc(Cl)cc3)C2)CC1. The highest BCUT2D eigenvalue weighted by Gasteiger charge is 2.33. The van der Waals surface area contributed by atoms with Crippen molar-refractivity contribution in [1.29, 1.82) is 0 Å². The van der Waals surface area contributed by atoms with Crippen molar-refractivity contribution in [2.24, 2.45) is 17.6 Å². The van der Waals surface area contributed by atoms with Crippen LogP contribution >= 0.6 is 11.6 Å². The molecule has 142 valence electrons. The molecule has 1 aromatic carbocycles. The van der Waals surface area contributed by atoms with Gasteiger partial charge in [0.15, 0.2) is 0 Å². The summed E-state index contributed by atoms with van der Waals surface area (Å²) in [7, 11) is 0. The van der Waals surface area contributed by atoms with Gasteiger partial charge in [0.25, 0.3) is 5.91 Å². The van der Waals surface area contributed by atoms with Gasteiger partial charge in [0.2, 0.25) is 5.91 Å². The van der Waals surface area contributed by atoms with Gasteiger partial charge < -0.3 is 15.5 Å². The number of halogens is 1. The van der Waals surface area contributed by atoms with E-state index in [9.17, 15) is 9.59 Å². The molecule has 0 bridgehead atoms. The number of likely N-dealkylation sites (tertiary alicyclic amines) is 2. The van der Waals surface area contributed by atoms with E-state index in [0.717, 1.165) is 38.8 Å². The van der Waals surface area contributed by atoms with Crippen molar-refractivity contribution in [2.75, 3.05) is 26.2 Å². The second kappa shape index (κ2) is 8.40. The summed E-state index contributed by atoms with van der Waals surface area (Å²) in [5.41, 5.74) is 6.62. The Morgan fingerprint density at radius 2 is 1.73 bits per heavy atom. The second-order valence-corrected chi connectivity index (χ2v) is 8.06. The molecule has 6 heteroatoms. The van der Waals surface area contributed by atoms with Crippen molar-refractivity contribution in [3.63, 3.8) is 0 Å². The lowest BCUT2D eigenvalue weighted by atomic mass is 9.89. The highest BCUT2D eigenvalue weighted by atomic mass is 35.5. The van der Waals surface area contributed by atoms with Crippen LogP contribution in [0.1, 0.15) is 43.0 Å². The van der Waals surface area contributed by atoms with E-state index in [1.54, 1.807) is 24.3 Å². The van der Waals surface area contributed by atoms with Crippen LogP contribution in [0.2, 0.25) is 5.02 Å². The molecule has 1 aromatic rings. The Morgan fingerprint density at radius 1 is 1.08 bits per heavy atom. The maximum absolute atomic E-state index is 12.9. The molecule has 2 unspecified atom stereocenters. The van der Waals surface area contributed by atoms with Gasteiger partial charge in [-0.3, -0.25) is 9.59 Å². The molecule has 2 amide bonds. The standard InChI is InChI=1S/C20H28ClN3O2/c1-14(22)15-8-11-23(12-9-15)20(26)17-3-2-10-24(13-17)19(25)16-4-6-18(21)7-5-16/h4-7,14-15,17H,2-3,8-13,22H2,1H3. The first-order valence-corrected chi connectivity index (χ1v) is 9.92. The fraction of sp³-hybridized carbons (Fsp3) is 0.600. The summed E-state index contributed by atoms with van der Waals surface area (Å²) in [4.78, 5) is 29.4. The lowest BCUT2D eigenvalue weighted by Gasteiger charge is -2.38. The number of nitrogens with zero attached hydrogens (tertiary/aromatic N) is 2. The normalized spacial score (nSPS) is 23.0. The van der Waals surface area contributed by atoms with Crippen molar-refractivity contribution in [1.82, 2.24) is 9.80 Å². The number of nitrogens with two attached hydrogens (primary N) is 1. The third kappa shape index (κ3) is 4.38. The second-order valence-electron chi connectivity index (χ2n) is 7.62. The van der Waals surface area contributed by atoms with Crippen molar-refractivity contribution in [3.8, 4) is 0 Å². The molecule has 2 saturated heterocycles. The molecular weight excluding hydrogens is 350 g/mol. The van der Waals surface area contributed by atoms with Crippen LogP contribution in [-0.4, -0.2) is 53.8 Å². The lowest BCUT2D eigenvalue weighted by molar-refractivity contribution is -0.138. The third-order valence-electron chi connectivity index (χ3n) is 5.74. The summed E-state index contributed by atoms with van der Waals surface area (Å²) in [5, 5.41) is 0.614. The van der Waals surface area contributed by atoms with Gasteiger partial charge in [0, 0.05) is 42.8 Å². The van der Waals surface area contributed by atoms with E-state index in [2.05, 4.69) is 0 Å². The molecule has 26 heavy (non-hydrogen) atoms. The van der Waals surface area contributed by atoms with Crippen LogP contribution in [0, 0.1) is 11.8 Å². The molecule has 5 nitrogen and oxygen atoms in total. The Balaban J connectivity index is 1.58. The minimum Gasteiger partial charge on any atom is -0.342 e. The third-order valence-corrected chi connectivity index (χ3v) is 6.00. The summed E-state index contributed by atoms with van der Waals surface area (Å²) in [6, 6.07) is 7.13. The van der Waals surface area contributed by atoms with Gasteiger partial charge in [-0.1, -0.05) is 11.6 Å². The molecule has 2 atom stereocenters. The number of rotatable bonds is 3. The fourth-order valence-corrected chi connectivity index (χ4v) is 4.17. The van der Waals surface area contributed by atoms with Gasteiger partial charge in [-0.15, -0.1) is 0 Å². The number of hydrogen-bond acceptors (Lipinski definition) is 3. The predicted octanol–water partition coefficient (Wildman–Crippen LogP) is 2.78. The van der Waals surface area contributed by atoms with Gasteiger partial charge in [-0.05, 0) is 62.8 Å². The summed E-state index contributed by atoms with van der Waals surface area (Å²) in [6.07, 6.45) is 3.68. The van der Waals surface area contributed by atoms with Gasteiger partial charge in [-0.2, -0.15) is 0 Å². The topological polar surface area (TPSA) is 66.6 Å². The predicted molar refractivity (Wildman–Crippen MR) is 103 cm³/mol. The Morgan fingerprint density at radius 3 is 2.35 bits per heavy atom. The largest absolute Gasteiger partial charge is 0.342 e. The Labute approximate surface area is 160 Å². The van der Waals surface area contributed by atoms with E-state index >= 15 is 0 Å². The van der Waals surface area contributed by atoms with Crippen molar-refractivity contribution >= 4 is 23.4 Å². The van der Waals surface area contributed by atoms with E-state index in [1.165, 1.54) is 0 Å². The van der Waals surface area contributed by atoms with E-state index in [0.29, 0.717) is 29.6 Å². The first kappa shape index (κ1) is 19.2. The van der Waals surface area contributed by atoms with Crippen LogP contribution in [0.5, 0.6) is 0 Å². The Hall–Kier alpha value is -1.59. The van der Waals surface area contributed by atoms with Crippen molar-refractivity contribution in [2.45, 2.75) is 38.6 Å². The average Bonchev–Trinajstić information content (AvgIpc) is 2.67. The van der Waals surface area contributed by atoms with Crippen LogP contribution in [0.3, 0.4) is 0 Å². The molecule has 0 aromatic heterocycles. The zero-order valence-corrected chi connectivity index (χ0v) is 16.1. The minimum atomic E-state index is -0.0909. The van der Waals surface area contributed by atoms with Crippen LogP contribution in [0.15, 0.2) is 24.3 Å². The first-order chi connectivity index (χ1) is 12.5. The van der Waals surface area contributed by atoms with Crippen molar-refractivity contribution < 1.29 is 9.59 Å². The highest BCUT2D eigenvalue weighted by molar-refractivity contribution is 6.30. The zero-order chi connectivity index (χ0) is 18.7. The van der Waals surface area contributed by atoms with Crippen LogP contribution in [-0.2, 0) is 4.79 Å². The van der Waals surface area contributed by atoms with Crippen molar-refractivity contribution in [3.05, 3.63) is 34.9 Å². The Bertz CT molecular complexity index is 639. The lowest BCUT2D eigenvalue weighted by Crippen LogP contribution is -2.49. The molecule has 2 N–H and O–H groups in total. The summed E-state index contributed by atoms with van der Waals surface area (Å²) in [6.45, 7) is 4.83. The van der Waals surface area contributed by atoms with Crippen LogP contribution in [0.4, 0.5) is 0 Å². The molecule has 0 aliphatic carbocycles. The number of carbonyl (C=O) groups excluding carboxylic acids is 2. The molecule has 0 spiro atoms. The van der Waals surface area contributed by atoms with Gasteiger partial charge in [0.1, 0.15) is 0 Å². The smallest absolute Gasteiger partial charge is 0.253 e. The highest BCUT2D eigenvalue weighted by Crippen LogP contribution is 2.25. The molecule has 0 saturated carbocycles. The first-order valence-electron chi connectivity index (χ1n) is 9.55. The number of amides is 2. The minimum absolute atomic E-state index is 0.0187. The number of hydrogen-bond donors (Lipinski definition) is 1. The van der Waals surface area contributed by atoms with E-state index in [-0.39, 0.29) is 23.8 Å². The molecule has 2 fully saturated rings. The van der Waals surface area contributed by atoms with Gasteiger partial charge in [0.05, 0.1) is 5.92 Å². The Kier molecular flexibility index (Phi) is 6.20. The quantitative estimate of drug-likeness (QED) is 0.880. The summed E-state index contributed by atoms with van der Waals surface area (Å²) < 4.78 is 0. The fourth-order valence-electron chi connectivity index (χ4n) is 4.04. The van der Waals surface area contributed by atoms with Gasteiger partial charge in [-0.25, -0.2) is 0 Å². The molecule has 2 aliphatic rings. The maximum Gasteiger partial charge on any atom is 0.253 e. The number of benzene rings is 1. The van der Waals surface area contributed by atoms with Crippen LogP contribution in [0.25, 0.3) is 0 Å². The van der Waals surface area contributed by atoms with E-state index in [1.807, 2.05) is 16.7 Å². The number of carbonyl (C=O) groups is 2. The van der Waals surface area contributed by atoms with E-state index < -0.39 is 0 Å². The zero-order valence-electron chi connectivity index (χ0n) is 15.4. The molecular formula is C20H28ClN3O2. The molecule has 3 rings (SSSR count). The van der Waals surface area contributed by atoms with Crippen LogP contribution < -0.4 is 5.73 Å². The average molecular weight is 378 g/mol. The number of piperidine rings is 2. The summed E-state index contributed by atoms with van der Waals surface area (Å²) in [5.74, 6) is 0.594. The monoisotopic (exact) mass is 377 g/mol. The van der Waals surface area contributed by atoms with E-state index in [4.69, 9.17) is 17.3 Å². The maximum atomic E-state index is 12.9. The van der Waals surface area contributed by atoms with Gasteiger partial charge >= 0.3 is 0 Å².